The molecule has 0 radical (unpaired) electrons. The number of hydrogen-bond donors (Lipinski definition) is 0. The van der Waals surface area contributed by atoms with E-state index in [-0.39, 0.29) is 16.6 Å². The molecule has 0 atom stereocenters. The van der Waals surface area contributed by atoms with Gasteiger partial charge in [0.05, 0.1) is 16.1 Å². The summed E-state index contributed by atoms with van der Waals surface area (Å²) >= 11 is 7.18. The minimum atomic E-state index is -4.73. The first-order chi connectivity index (χ1) is 9.99. The van der Waals surface area contributed by atoms with Crippen molar-refractivity contribution in [1.29, 1.82) is 0 Å². The van der Waals surface area contributed by atoms with Crippen molar-refractivity contribution in [2.45, 2.75) is 13.1 Å². The second-order valence-electron chi connectivity index (χ2n) is 4.46. The fourth-order valence-corrected chi connectivity index (χ4v) is 4.17. The lowest BCUT2D eigenvalue weighted by molar-refractivity contribution is -0.137. The molecular weight excluding hydrogens is 458 g/mol. The van der Waals surface area contributed by atoms with Gasteiger partial charge in [0.1, 0.15) is 9.45 Å². The zero-order valence-electron chi connectivity index (χ0n) is 10.9. The molecule has 22 heavy (non-hydrogen) atoms. The van der Waals surface area contributed by atoms with Gasteiger partial charge in [0.15, 0.2) is 5.78 Å². The monoisotopic (exact) mass is 465 g/mol. The summed E-state index contributed by atoms with van der Waals surface area (Å²) < 4.78 is 63.3. The molecular formula is C12H8ClF3INO3S. The van der Waals surface area contributed by atoms with Crippen molar-refractivity contribution in [2.24, 2.45) is 0 Å². The zero-order valence-corrected chi connectivity index (χ0v) is 14.6. The molecule has 0 bridgehead atoms. The number of hydrogen-bond acceptors (Lipinski definition) is 3. The van der Waals surface area contributed by atoms with Crippen LogP contribution >= 0.6 is 34.2 Å². The van der Waals surface area contributed by atoms with Gasteiger partial charge in [-0.15, -0.1) is 0 Å². The number of ketones is 1. The summed E-state index contributed by atoms with van der Waals surface area (Å²) in [4.78, 5) is 11.6. The molecule has 2 aromatic rings. The van der Waals surface area contributed by atoms with E-state index in [4.69, 9.17) is 11.6 Å². The largest absolute Gasteiger partial charge is 0.417 e. The number of Topliss-reactive ketones (excluding diaryl/α,β-unsaturated/α-hetero) is 1. The van der Waals surface area contributed by atoms with Crippen LogP contribution in [0.25, 0.3) is 10.9 Å². The highest BCUT2D eigenvalue weighted by molar-refractivity contribution is 14.1. The number of halogens is 5. The normalized spacial score (nSPS) is 12.8. The van der Waals surface area contributed by atoms with Crippen molar-refractivity contribution in [2.75, 3.05) is 3.76 Å². The van der Waals surface area contributed by atoms with Gasteiger partial charge >= 0.3 is 6.18 Å². The summed E-state index contributed by atoms with van der Waals surface area (Å²) in [7, 11) is -3.96. The summed E-state index contributed by atoms with van der Waals surface area (Å²) in [5, 5.41) is -0.407. The standard InChI is InChI=1S/C12H8ClF3INO3S/c1-6(19)10-3-7-2-9(13)8(12(14,15)16)4-11(7)18(10)22(20,21)5-17/h2-4H,5H2,1H3. The highest BCUT2D eigenvalue weighted by atomic mass is 127. The Morgan fingerprint density at radius 1 is 1.32 bits per heavy atom. The van der Waals surface area contributed by atoms with Crippen LogP contribution in [0.3, 0.4) is 0 Å². The number of carbonyl (C=O) groups excluding carboxylic acids is 1. The summed E-state index contributed by atoms with van der Waals surface area (Å²) in [6.07, 6.45) is -4.73. The molecule has 0 saturated carbocycles. The number of nitrogens with zero attached hydrogens (tertiary/aromatic N) is 1. The van der Waals surface area contributed by atoms with Crippen LogP contribution < -0.4 is 0 Å². The Kier molecular flexibility index (Phi) is 4.53. The summed E-state index contributed by atoms with van der Waals surface area (Å²) in [5.74, 6) is -0.575. The first kappa shape index (κ1) is 17.5. The fraction of sp³-hybridized carbons (Fsp3) is 0.250. The van der Waals surface area contributed by atoms with Gasteiger partial charge in [-0.1, -0.05) is 34.2 Å². The third kappa shape index (κ3) is 2.98. The van der Waals surface area contributed by atoms with Gasteiger partial charge in [-0.2, -0.15) is 13.2 Å². The molecule has 0 amide bonds. The number of alkyl halides is 4. The number of aromatic nitrogens is 1. The molecule has 4 nitrogen and oxygen atoms in total. The van der Waals surface area contributed by atoms with Crippen LogP contribution in [0.1, 0.15) is 23.0 Å². The Balaban J connectivity index is 2.97. The maximum Gasteiger partial charge on any atom is 0.417 e. The van der Waals surface area contributed by atoms with Crippen molar-refractivity contribution in [3.05, 3.63) is 34.5 Å². The van der Waals surface area contributed by atoms with Gasteiger partial charge in [0, 0.05) is 12.3 Å². The lowest BCUT2D eigenvalue weighted by Crippen LogP contribution is -2.18. The van der Waals surface area contributed by atoms with E-state index in [2.05, 4.69) is 0 Å². The summed E-state index contributed by atoms with van der Waals surface area (Å²) in [5.41, 5.74) is -1.58. The van der Waals surface area contributed by atoms with E-state index in [1.165, 1.54) is 6.07 Å². The Labute approximate surface area is 142 Å². The Morgan fingerprint density at radius 3 is 2.36 bits per heavy atom. The summed E-state index contributed by atoms with van der Waals surface area (Å²) in [6, 6.07) is 2.87. The average molecular weight is 466 g/mol. The van der Waals surface area contributed by atoms with Crippen LogP contribution in [-0.4, -0.2) is 21.9 Å². The second-order valence-corrected chi connectivity index (χ2v) is 8.48. The molecule has 0 saturated heterocycles. The predicted molar refractivity (Wildman–Crippen MR) is 85.2 cm³/mol. The Morgan fingerprint density at radius 2 is 1.91 bits per heavy atom. The Hall–Kier alpha value is -0.810. The lowest BCUT2D eigenvalue weighted by Gasteiger charge is -2.11. The quantitative estimate of drug-likeness (QED) is 0.390. The molecule has 0 N–H and O–H groups in total. The van der Waals surface area contributed by atoms with Crippen LogP contribution in [-0.2, 0) is 16.2 Å². The highest BCUT2D eigenvalue weighted by Crippen LogP contribution is 2.38. The van der Waals surface area contributed by atoms with Crippen molar-refractivity contribution < 1.29 is 26.4 Å². The number of rotatable bonds is 3. The first-order valence-electron chi connectivity index (χ1n) is 5.71. The number of fused-ring (bicyclic) bond motifs is 1. The molecule has 0 spiro atoms. The van der Waals surface area contributed by atoms with Crippen molar-refractivity contribution in [1.82, 2.24) is 3.97 Å². The molecule has 0 fully saturated rings. The van der Waals surface area contributed by atoms with Crippen LogP contribution in [0, 0.1) is 0 Å². The van der Waals surface area contributed by atoms with Gasteiger partial charge in [-0.3, -0.25) is 4.79 Å². The third-order valence-electron chi connectivity index (χ3n) is 2.93. The van der Waals surface area contributed by atoms with Gasteiger partial charge in [-0.25, -0.2) is 12.4 Å². The third-order valence-corrected chi connectivity index (χ3v) is 6.83. The fourth-order valence-electron chi connectivity index (χ4n) is 2.01. The minimum Gasteiger partial charge on any atom is -0.293 e. The molecule has 2 rings (SSSR count). The van der Waals surface area contributed by atoms with Crippen molar-refractivity contribution >= 4 is 60.9 Å². The molecule has 120 valence electrons. The molecule has 0 aliphatic carbocycles. The average Bonchev–Trinajstić information content (AvgIpc) is 2.75. The van der Waals surface area contributed by atoms with Gasteiger partial charge in [0.2, 0.25) is 10.0 Å². The van der Waals surface area contributed by atoms with E-state index in [1.54, 1.807) is 22.6 Å². The zero-order chi connectivity index (χ0) is 16.9. The van der Waals surface area contributed by atoms with E-state index in [0.29, 0.717) is 10.0 Å². The molecule has 1 aromatic heterocycles. The van der Waals surface area contributed by atoms with Crippen LogP contribution in [0.5, 0.6) is 0 Å². The van der Waals surface area contributed by atoms with E-state index in [9.17, 15) is 26.4 Å². The smallest absolute Gasteiger partial charge is 0.293 e. The van der Waals surface area contributed by atoms with E-state index in [1.807, 2.05) is 0 Å². The topological polar surface area (TPSA) is 56.1 Å². The molecule has 1 aromatic carbocycles. The molecule has 1 heterocycles. The van der Waals surface area contributed by atoms with Crippen LogP contribution in [0.2, 0.25) is 5.02 Å². The first-order valence-corrected chi connectivity index (χ1v) is 9.22. The van der Waals surface area contributed by atoms with Gasteiger partial charge in [-0.05, 0) is 18.2 Å². The minimum absolute atomic E-state index is 0.150. The molecule has 0 aliphatic rings. The van der Waals surface area contributed by atoms with E-state index >= 15 is 0 Å². The lowest BCUT2D eigenvalue weighted by atomic mass is 10.1. The highest BCUT2D eigenvalue weighted by Gasteiger charge is 2.35. The van der Waals surface area contributed by atoms with Crippen LogP contribution in [0.15, 0.2) is 18.2 Å². The van der Waals surface area contributed by atoms with Crippen molar-refractivity contribution in [3.8, 4) is 0 Å². The van der Waals surface area contributed by atoms with Crippen LogP contribution in [0.4, 0.5) is 13.2 Å². The second kappa shape index (κ2) is 5.68. The Bertz CT molecular complexity index is 874. The molecule has 0 unspecified atom stereocenters. The molecule has 10 heteroatoms. The molecule has 0 aliphatic heterocycles. The van der Waals surface area contributed by atoms with Gasteiger partial charge < -0.3 is 0 Å². The predicted octanol–water partition coefficient (Wildman–Crippen LogP) is 4.09. The van der Waals surface area contributed by atoms with Crippen molar-refractivity contribution in [3.63, 3.8) is 0 Å². The maximum absolute atomic E-state index is 12.9. The maximum atomic E-state index is 12.9. The number of carbonyl (C=O) groups is 1. The number of benzene rings is 1. The van der Waals surface area contributed by atoms with E-state index < -0.39 is 36.3 Å². The van der Waals surface area contributed by atoms with E-state index in [0.717, 1.165) is 13.0 Å². The SMILES string of the molecule is CC(=O)c1cc2cc(Cl)c(C(F)(F)F)cc2n1S(=O)(=O)CI. The summed E-state index contributed by atoms with van der Waals surface area (Å²) in [6.45, 7) is 1.14. The van der Waals surface area contributed by atoms with Gasteiger partial charge in [0.25, 0.3) is 0 Å².